The number of hydrogen-bond acceptors (Lipinski definition) is 6. The van der Waals surface area contributed by atoms with Crippen LogP contribution in [0, 0.1) is 11.6 Å². The zero-order chi connectivity index (χ0) is 21.5. The number of amides is 1. The lowest BCUT2D eigenvalue weighted by molar-refractivity contribution is -0.163. The molecule has 0 N–H and O–H groups in total. The molecule has 1 saturated heterocycles. The fourth-order valence-corrected chi connectivity index (χ4v) is 5.41. The highest BCUT2D eigenvalue weighted by Gasteiger charge is 2.43. The summed E-state index contributed by atoms with van der Waals surface area (Å²) in [5.74, 6) is -3.08. The summed E-state index contributed by atoms with van der Waals surface area (Å²) in [7, 11) is 1.28. The quantitative estimate of drug-likeness (QED) is 0.684. The molecule has 1 spiro atoms. The summed E-state index contributed by atoms with van der Waals surface area (Å²) in [5.41, 5.74) is 1.26. The molecule has 2 heterocycles. The van der Waals surface area contributed by atoms with Crippen molar-refractivity contribution >= 4 is 28.2 Å². The average molecular weight is 437 g/mol. The number of benzene rings is 1. The molecule has 1 aromatic heterocycles. The zero-order valence-electron chi connectivity index (χ0n) is 16.6. The van der Waals surface area contributed by atoms with Crippen molar-refractivity contribution < 1.29 is 32.6 Å². The van der Waals surface area contributed by atoms with Gasteiger partial charge in [0.2, 0.25) is 5.91 Å². The molecule has 1 fully saturated rings. The van der Waals surface area contributed by atoms with E-state index in [1.807, 2.05) is 0 Å². The number of fused-ring (bicyclic) bond motifs is 1. The molecular weight excluding hydrogens is 416 g/mol. The van der Waals surface area contributed by atoms with Crippen molar-refractivity contribution in [3.05, 3.63) is 51.4 Å². The van der Waals surface area contributed by atoms with E-state index in [2.05, 4.69) is 0 Å². The minimum atomic E-state index is -0.756. The van der Waals surface area contributed by atoms with Gasteiger partial charge in [0, 0.05) is 36.3 Å². The third-order valence-electron chi connectivity index (χ3n) is 5.43. The summed E-state index contributed by atoms with van der Waals surface area (Å²) in [4.78, 5) is 27.3. The molecule has 0 radical (unpaired) electrons. The Morgan fingerprint density at radius 3 is 2.63 bits per heavy atom. The number of halogens is 2. The minimum Gasteiger partial charge on any atom is -0.465 e. The van der Waals surface area contributed by atoms with E-state index in [1.54, 1.807) is 0 Å². The predicted octanol–water partition coefficient (Wildman–Crippen LogP) is 3.60. The average Bonchev–Trinajstić information content (AvgIpc) is 3.31. The van der Waals surface area contributed by atoms with Gasteiger partial charge in [-0.2, -0.15) is 0 Å². The highest BCUT2D eigenvalue weighted by atomic mass is 32.1. The molecule has 2 aliphatic rings. The van der Waals surface area contributed by atoms with Gasteiger partial charge >= 0.3 is 5.97 Å². The first-order chi connectivity index (χ1) is 14.3. The van der Waals surface area contributed by atoms with Crippen molar-refractivity contribution in [1.82, 2.24) is 0 Å². The van der Waals surface area contributed by atoms with Gasteiger partial charge in [0.1, 0.15) is 16.6 Å². The number of methoxy groups -OCH3 is 1. The van der Waals surface area contributed by atoms with Crippen LogP contribution in [-0.2, 0) is 38.4 Å². The predicted molar refractivity (Wildman–Crippen MR) is 106 cm³/mol. The molecule has 30 heavy (non-hydrogen) atoms. The monoisotopic (exact) mass is 437 g/mol. The Balaban J connectivity index is 1.76. The molecule has 160 valence electrons. The van der Waals surface area contributed by atoms with Gasteiger partial charge in [0.25, 0.3) is 0 Å². The number of carbonyl (C=O) groups is 2. The van der Waals surface area contributed by atoms with Gasteiger partial charge < -0.3 is 14.2 Å². The lowest BCUT2D eigenvalue weighted by Gasteiger charge is -2.31. The molecule has 6 nitrogen and oxygen atoms in total. The third kappa shape index (κ3) is 3.73. The van der Waals surface area contributed by atoms with Crippen molar-refractivity contribution in [3.63, 3.8) is 0 Å². The number of anilines is 1. The Bertz CT molecular complexity index is 1000. The Morgan fingerprint density at radius 2 is 2.00 bits per heavy atom. The largest absolute Gasteiger partial charge is 0.465 e. The van der Waals surface area contributed by atoms with Gasteiger partial charge in [-0.3, -0.25) is 9.69 Å². The van der Waals surface area contributed by atoms with Gasteiger partial charge in [0.05, 0.1) is 32.4 Å². The summed E-state index contributed by atoms with van der Waals surface area (Å²) < 4.78 is 44.1. The first kappa shape index (κ1) is 20.9. The maximum Gasteiger partial charge on any atom is 0.341 e. The maximum absolute atomic E-state index is 14.2. The Labute approximate surface area is 176 Å². The van der Waals surface area contributed by atoms with E-state index in [4.69, 9.17) is 14.2 Å². The van der Waals surface area contributed by atoms with E-state index >= 15 is 0 Å². The van der Waals surface area contributed by atoms with Crippen LogP contribution in [-0.4, -0.2) is 38.0 Å². The summed E-state index contributed by atoms with van der Waals surface area (Å²) in [5, 5.41) is 0.387. The highest BCUT2D eigenvalue weighted by Crippen LogP contribution is 2.45. The normalized spacial score (nSPS) is 17.1. The van der Waals surface area contributed by atoms with Gasteiger partial charge in [-0.15, -0.1) is 11.3 Å². The van der Waals surface area contributed by atoms with Crippen molar-refractivity contribution in [1.29, 1.82) is 0 Å². The van der Waals surface area contributed by atoms with E-state index < -0.39 is 23.4 Å². The van der Waals surface area contributed by atoms with E-state index in [0.717, 1.165) is 22.6 Å². The zero-order valence-corrected chi connectivity index (χ0v) is 17.4. The van der Waals surface area contributed by atoms with E-state index in [1.165, 1.54) is 36.3 Å². The van der Waals surface area contributed by atoms with Crippen molar-refractivity contribution in [3.8, 4) is 0 Å². The van der Waals surface area contributed by atoms with Crippen LogP contribution >= 0.6 is 11.3 Å². The summed E-state index contributed by atoms with van der Waals surface area (Å²) in [6, 6.07) is 3.20. The number of hydrogen-bond donors (Lipinski definition) is 0. The molecule has 4 rings (SSSR count). The fourth-order valence-electron chi connectivity index (χ4n) is 3.95. The Hall–Kier alpha value is -2.36. The van der Waals surface area contributed by atoms with Crippen LogP contribution in [0.5, 0.6) is 0 Å². The van der Waals surface area contributed by atoms with E-state index in [9.17, 15) is 18.4 Å². The topological polar surface area (TPSA) is 65.1 Å². The second-order valence-electron chi connectivity index (χ2n) is 7.30. The summed E-state index contributed by atoms with van der Waals surface area (Å²) in [6.07, 6.45) is 1.59. The fraction of sp³-hybridized carbons (Fsp3) is 0.429. The van der Waals surface area contributed by atoms with Crippen LogP contribution in [0.2, 0.25) is 0 Å². The van der Waals surface area contributed by atoms with Gasteiger partial charge in [-0.1, -0.05) is 6.07 Å². The van der Waals surface area contributed by atoms with Crippen LogP contribution in [0.15, 0.2) is 18.2 Å². The standard InChI is InChI=1S/C21H21F2NO5S/c1-12(25)24(11-13-3-4-14(22)9-16(13)23)19-18(20(26)27-2)15-5-6-21(10-17(15)30-19)28-7-8-29-21/h3-4,9H,5-8,10-11H2,1-2H3. The van der Waals surface area contributed by atoms with Crippen LogP contribution in [0.1, 0.15) is 39.7 Å². The molecule has 0 bridgehead atoms. The number of esters is 1. The molecule has 1 amide bonds. The number of nitrogens with zero attached hydrogens (tertiary/aromatic N) is 1. The molecule has 2 aromatic rings. The SMILES string of the molecule is COC(=O)c1c(N(Cc2ccc(F)cc2F)C(C)=O)sc2c1CCC1(C2)OCCO1. The van der Waals surface area contributed by atoms with Crippen molar-refractivity contribution in [2.45, 2.75) is 38.5 Å². The second-order valence-corrected chi connectivity index (χ2v) is 8.38. The molecule has 0 saturated carbocycles. The highest BCUT2D eigenvalue weighted by molar-refractivity contribution is 7.17. The lowest BCUT2D eigenvalue weighted by Crippen LogP contribution is -2.36. The molecular formula is C21H21F2NO5S. The van der Waals surface area contributed by atoms with Crippen LogP contribution < -0.4 is 4.90 Å². The summed E-state index contributed by atoms with van der Waals surface area (Å²) >= 11 is 1.28. The summed E-state index contributed by atoms with van der Waals surface area (Å²) in [6.45, 7) is 2.23. The molecule has 1 aromatic carbocycles. The molecule has 1 aliphatic carbocycles. The Morgan fingerprint density at radius 1 is 1.27 bits per heavy atom. The van der Waals surface area contributed by atoms with Crippen molar-refractivity contribution in [2.24, 2.45) is 0 Å². The van der Waals surface area contributed by atoms with Crippen LogP contribution in [0.3, 0.4) is 0 Å². The van der Waals surface area contributed by atoms with Crippen LogP contribution in [0.4, 0.5) is 13.8 Å². The Kier molecular flexibility index (Phi) is 5.61. The number of ether oxygens (including phenoxy) is 3. The van der Waals surface area contributed by atoms with Gasteiger partial charge in [0.15, 0.2) is 5.79 Å². The second kappa shape index (κ2) is 8.05. The molecule has 9 heteroatoms. The maximum atomic E-state index is 14.2. The van der Waals surface area contributed by atoms with Crippen molar-refractivity contribution in [2.75, 3.05) is 25.2 Å². The van der Waals surface area contributed by atoms with Gasteiger partial charge in [-0.25, -0.2) is 13.6 Å². The lowest BCUT2D eigenvalue weighted by atomic mass is 9.90. The first-order valence-electron chi connectivity index (χ1n) is 9.56. The van der Waals surface area contributed by atoms with E-state index in [-0.39, 0.29) is 18.0 Å². The van der Waals surface area contributed by atoms with Gasteiger partial charge in [-0.05, 0) is 18.1 Å². The number of thiophene rings is 1. The minimum absolute atomic E-state index is 0.136. The third-order valence-corrected chi connectivity index (χ3v) is 6.68. The molecule has 1 aliphatic heterocycles. The molecule has 0 atom stereocenters. The molecule has 0 unspecified atom stereocenters. The van der Waals surface area contributed by atoms with E-state index in [0.29, 0.717) is 43.0 Å². The first-order valence-corrected chi connectivity index (χ1v) is 10.4. The van der Waals surface area contributed by atoms with Crippen LogP contribution in [0.25, 0.3) is 0 Å². The number of rotatable bonds is 4. The number of carbonyl (C=O) groups excluding carboxylic acids is 2. The smallest absolute Gasteiger partial charge is 0.341 e.